The van der Waals surface area contributed by atoms with Crippen LogP contribution >= 0.6 is 0 Å². The molecule has 12 aliphatic rings. The molecule has 12 aliphatic heterocycles. The number of amidine groups is 6. The fraction of sp³-hybridized carbons (Fsp3) is 0.564. The minimum absolute atomic E-state index is 0. The van der Waals surface area contributed by atoms with Crippen molar-refractivity contribution < 1.29 is 142 Å². The first-order valence-electron chi connectivity index (χ1n) is 36.6. The van der Waals surface area contributed by atoms with Gasteiger partial charge < -0.3 is 155 Å². The number of rotatable bonds is 12. The Kier molecular flexibility index (Phi) is 21.8. The highest BCUT2D eigenvalue weighted by atomic mass is 16.6. The Morgan fingerprint density at radius 1 is 0.330 bits per heavy atom. The summed E-state index contributed by atoms with van der Waals surface area (Å²) in [7, 11) is 0. The van der Waals surface area contributed by atoms with Crippen molar-refractivity contribution >= 4 is 73.6 Å². The van der Waals surface area contributed by atoms with E-state index in [1.165, 1.54) is 0 Å². The van der Waals surface area contributed by atoms with Gasteiger partial charge in [0.2, 0.25) is 35.8 Å². The van der Waals surface area contributed by atoms with Crippen molar-refractivity contribution in [1.29, 1.82) is 0 Å². The van der Waals surface area contributed by atoms with Gasteiger partial charge in [0.05, 0.1) is 53.3 Å². The van der Waals surface area contributed by atoms with Crippen molar-refractivity contribution in [3.8, 4) is 0 Å². The van der Waals surface area contributed by atoms with Crippen LogP contribution in [0.15, 0.2) is 134 Å². The summed E-state index contributed by atoms with van der Waals surface area (Å²) in [4.78, 5) is 48.7. The Labute approximate surface area is 607 Å². The standard InChI is InChI=1S/6C9H14N4O4.CH4/c6*1-4-12-9(10)11-3-13(4)8-7(16)6(15)5(2-14)17-8;/h6*3,5-8,14-16H,1-2H2,(H2,10,12);1H4/t6*5-,6?,7+,8-;/m111111./s1/i2D2,3D,5D,6D;3D,8D;3D,7D;3D,6D;3D,5D;2D2,3D;. The zero-order valence-corrected chi connectivity index (χ0v) is 52.5. The van der Waals surface area contributed by atoms with Gasteiger partial charge in [0.1, 0.15) is 191 Å². The topological polar surface area (TPSA) is 743 Å². The van der Waals surface area contributed by atoms with Crippen LogP contribution in [0.3, 0.4) is 0 Å². The molecule has 0 amide bonds. The second-order valence-corrected chi connectivity index (χ2v) is 20.9. The molecule has 0 aromatic rings. The molecule has 48 heteroatoms. The molecule has 48 nitrogen and oxygen atoms in total. The van der Waals surface area contributed by atoms with Crippen molar-refractivity contribution in [1.82, 2.24) is 29.4 Å². The van der Waals surface area contributed by atoms with Crippen LogP contribution in [-0.4, -0.2) is 382 Å². The third-order valence-electron chi connectivity index (χ3n) is 14.2. The Bertz CT molecular complexity index is 4250. The Morgan fingerprint density at radius 2 is 0.631 bits per heavy atom. The van der Waals surface area contributed by atoms with Crippen LogP contribution in [0.4, 0.5) is 0 Å². The molecule has 6 saturated heterocycles. The number of aliphatic hydroxyl groups is 18. The summed E-state index contributed by atoms with van der Waals surface area (Å²) < 4.78 is 151. The van der Waals surface area contributed by atoms with E-state index in [1.54, 1.807) is 0 Å². The molecule has 0 saturated carbocycles. The van der Waals surface area contributed by atoms with Crippen molar-refractivity contribution in [3.05, 3.63) is 74.4 Å². The number of ether oxygens (including phenoxy) is 6. The van der Waals surface area contributed by atoms with Gasteiger partial charge in [-0.05, 0) is 0 Å². The molecule has 0 aliphatic carbocycles. The Morgan fingerprint density at radius 3 is 0.942 bits per heavy atom. The van der Waals surface area contributed by atoms with Gasteiger partial charge in [-0.15, -0.1) is 0 Å². The maximum atomic E-state index is 10.0. The number of hydrogen-bond donors (Lipinski definition) is 24. The van der Waals surface area contributed by atoms with Gasteiger partial charge in [-0.25, -0.2) is 30.0 Å². The molecule has 12 rings (SSSR count). The third kappa shape index (κ3) is 19.1. The molecule has 0 radical (unpaired) electrons. The van der Waals surface area contributed by atoms with Crippen LogP contribution in [0, 0.1) is 0 Å². The monoisotopic (exact) mass is 1480 g/mol. The summed E-state index contributed by atoms with van der Waals surface area (Å²) in [6.45, 7) is 12.0. The second-order valence-electron chi connectivity index (χ2n) is 20.9. The van der Waals surface area contributed by atoms with E-state index < -0.39 is 225 Å². The molecule has 572 valence electrons. The summed E-state index contributed by atoms with van der Waals surface area (Å²) >= 11 is 0. The highest BCUT2D eigenvalue weighted by molar-refractivity contribution is 5.92. The van der Waals surface area contributed by atoms with E-state index in [-0.39, 0.29) is 78.1 Å². The Hall–Kier alpha value is -8.88. The molecular formula is C55H88N24O24. The molecule has 12 heterocycles. The largest absolute Gasteiger partial charge is 0.394 e. The van der Waals surface area contributed by atoms with Crippen LogP contribution in [0.25, 0.3) is 0 Å². The molecular weight excluding hydrogens is 1380 g/mol. The number of aliphatic imine (C=N–C) groups is 12. The molecule has 103 heavy (non-hydrogen) atoms. The van der Waals surface area contributed by atoms with Gasteiger partial charge >= 0.3 is 0 Å². The molecule has 0 aromatic heterocycles. The van der Waals surface area contributed by atoms with E-state index in [0.29, 0.717) is 4.90 Å². The first-order valence-corrected chi connectivity index (χ1v) is 28.6. The summed E-state index contributed by atoms with van der Waals surface area (Å²) in [5.74, 6) is -1.73. The number of nitrogens with zero attached hydrogens (tertiary/aromatic N) is 18. The quantitative estimate of drug-likeness (QED) is 0.0863. The molecule has 0 spiro atoms. The van der Waals surface area contributed by atoms with E-state index in [4.69, 9.17) is 105 Å². The molecule has 6 unspecified atom stereocenters. The average Bonchev–Trinajstić information content (AvgIpc) is 1.56. The summed E-state index contributed by atoms with van der Waals surface area (Å²) in [6.07, 6.45) is -46.3. The lowest BCUT2D eigenvalue weighted by molar-refractivity contribution is -0.0607. The van der Waals surface area contributed by atoms with E-state index in [1.807, 2.05) is 0 Å². The zero-order valence-electron chi connectivity index (χ0n) is 68.5. The molecule has 30 N–H and O–H groups in total. The van der Waals surface area contributed by atoms with E-state index >= 15 is 0 Å². The summed E-state index contributed by atoms with van der Waals surface area (Å²) in [5, 5.41) is 173. The predicted molar refractivity (Wildman–Crippen MR) is 360 cm³/mol. The van der Waals surface area contributed by atoms with Crippen LogP contribution in [0.2, 0.25) is 0 Å². The van der Waals surface area contributed by atoms with Gasteiger partial charge in [0.25, 0.3) is 0 Å². The van der Waals surface area contributed by atoms with Crippen LogP contribution in [0.1, 0.15) is 29.4 Å². The lowest BCUT2D eigenvalue weighted by Gasteiger charge is -2.29. The SMILES string of the molecule is C.[2H]C1=NC(N)=NC(=C)N1[C@@H]1O[C@H](C([2H])([2H])O)C(O)[C@@H]1O.[2H]C1=NC(N)=NC(=C)N1[C@@H]1O[C@H](CO)C(O)[C@]1([2H])O.[2H]C1=NC(N)=NC(=C)N1[C@@H]1O[C@H](CO)C([2H])(O)[C@@H]1O.[2H]C1=NC(N)=NC(=C)N1[C@@H]1O[C@]([2H])(C([2H])([2H])O)C([2H])(O)[C@@H]1O.[2H]C1=NC(N)=NC(=C)N1[C@@H]1O[C@]([2H])(CO)C(O)[C@@H]1O.[2H]C1=NC(N)=NC(=C)N1[C@]1([2H])O[C@H](CO)C(O)[C@@H]1O. The number of nitrogens with two attached hydrogens (primary N) is 6. The average molecular weight is 1490 g/mol. The molecule has 0 bridgehead atoms. The van der Waals surface area contributed by atoms with Gasteiger partial charge in [0, 0.05) is 0 Å². The third-order valence-corrected chi connectivity index (χ3v) is 14.2. The summed E-state index contributed by atoms with van der Waals surface area (Å²) in [6, 6.07) is 0. The number of guanidine groups is 6. The lowest BCUT2D eigenvalue weighted by atomic mass is 10.1. The van der Waals surface area contributed by atoms with E-state index in [2.05, 4.69) is 99.4 Å². The van der Waals surface area contributed by atoms with E-state index in [0.717, 1.165) is 24.5 Å². The second kappa shape index (κ2) is 36.5. The number of aliphatic hydroxyl groups excluding tert-OH is 13. The van der Waals surface area contributed by atoms with Crippen molar-refractivity contribution in [2.24, 2.45) is 94.3 Å². The van der Waals surface area contributed by atoms with Crippen LogP contribution in [-0.2, 0) is 28.4 Å². The van der Waals surface area contributed by atoms with Crippen LogP contribution < -0.4 is 34.4 Å². The normalized spacial score (nSPS) is 44.5. The minimum atomic E-state index is -3.49. The van der Waals surface area contributed by atoms with Gasteiger partial charge in [-0.2, -0.15) is 30.0 Å². The fourth-order valence-corrected chi connectivity index (χ4v) is 9.11. The maximum absolute atomic E-state index is 10.0. The first kappa shape index (κ1) is 61.6. The highest BCUT2D eigenvalue weighted by Gasteiger charge is 2.51. The lowest BCUT2D eigenvalue weighted by Crippen LogP contribution is -2.44. The van der Waals surface area contributed by atoms with Crippen LogP contribution in [0.5, 0.6) is 0 Å². The van der Waals surface area contributed by atoms with E-state index in [9.17, 15) is 71.5 Å². The smallest absolute Gasteiger partial charge is 0.223 e. The first-order chi connectivity index (χ1) is 54.1. The Balaban J connectivity index is 0.000000221. The van der Waals surface area contributed by atoms with Crippen molar-refractivity contribution in [2.75, 3.05) is 39.5 Å². The highest BCUT2D eigenvalue weighted by Crippen LogP contribution is 2.32. The van der Waals surface area contributed by atoms with Gasteiger partial charge in [0.15, 0.2) is 37.3 Å². The van der Waals surface area contributed by atoms with Crippen molar-refractivity contribution in [3.63, 3.8) is 0 Å². The fourth-order valence-electron chi connectivity index (χ4n) is 9.11. The maximum Gasteiger partial charge on any atom is 0.223 e. The number of hydrogen-bond acceptors (Lipinski definition) is 48. The molecule has 24 atom stereocenters. The predicted octanol–water partition coefficient (Wildman–Crippen LogP) is -14.0. The van der Waals surface area contributed by atoms with Crippen molar-refractivity contribution in [2.45, 2.75) is 155 Å². The molecule has 6 fully saturated rings. The van der Waals surface area contributed by atoms with Gasteiger partial charge in [-0.3, -0.25) is 29.4 Å². The minimum Gasteiger partial charge on any atom is -0.394 e. The zero-order chi connectivity index (χ0) is 89.8. The molecule has 0 aromatic carbocycles. The van der Waals surface area contributed by atoms with Gasteiger partial charge in [-0.1, -0.05) is 46.9 Å². The summed E-state index contributed by atoms with van der Waals surface area (Å²) in [5.41, 5.74) is 32.0.